The summed E-state index contributed by atoms with van der Waals surface area (Å²) in [4.78, 5) is 0. The van der Waals surface area contributed by atoms with Crippen LogP contribution in [0.3, 0.4) is 0 Å². The molecule has 0 atom stereocenters. The molecule has 25 heavy (non-hydrogen) atoms. The van der Waals surface area contributed by atoms with Crippen molar-refractivity contribution in [2.24, 2.45) is 0 Å². The van der Waals surface area contributed by atoms with Gasteiger partial charge in [0, 0.05) is 0 Å². The van der Waals surface area contributed by atoms with Gasteiger partial charge in [0.15, 0.2) is 0 Å². The molecule has 1 radical (unpaired) electrons. The summed E-state index contributed by atoms with van der Waals surface area (Å²) < 4.78 is 0. The van der Waals surface area contributed by atoms with Gasteiger partial charge < -0.3 is 24.8 Å². The van der Waals surface area contributed by atoms with Crippen LogP contribution >= 0.6 is 0 Å². The summed E-state index contributed by atoms with van der Waals surface area (Å²) in [5.41, 5.74) is 6.75. The van der Waals surface area contributed by atoms with Gasteiger partial charge in [-0.25, -0.2) is 0 Å². The van der Waals surface area contributed by atoms with Crippen molar-refractivity contribution in [1.29, 1.82) is 0 Å². The number of hydrogen-bond donors (Lipinski definition) is 0. The zero-order valence-electron chi connectivity index (χ0n) is 14.6. The third-order valence-electron chi connectivity index (χ3n) is 4.59. The normalized spacial score (nSPS) is 13.5. The molecule has 4 rings (SSSR count). The maximum atomic E-state index is 3.68. The van der Waals surface area contributed by atoms with E-state index >= 15 is 0 Å². The van der Waals surface area contributed by atoms with Crippen LogP contribution in [0.4, 0.5) is 0 Å². The molecule has 0 saturated heterocycles. The van der Waals surface area contributed by atoms with Gasteiger partial charge in [0.25, 0.3) is 0 Å². The van der Waals surface area contributed by atoms with Crippen LogP contribution in [0.5, 0.6) is 0 Å². The van der Waals surface area contributed by atoms with Gasteiger partial charge in [-0.15, -0.1) is 34.6 Å². The zero-order chi connectivity index (χ0) is 15.3. The molecular weight excluding hydrogens is 426 g/mol. The smallest absolute Gasteiger partial charge is 1.00 e. The predicted octanol–water partition coefficient (Wildman–Crippen LogP) is -2.24. The Morgan fingerprint density at radius 2 is 1.60 bits per heavy atom. The monoisotopic (exact) mass is 443 g/mol. The molecular formula is C22H19Cl2Zr. The first-order chi connectivity index (χ1) is 10.6. The molecule has 0 bridgehead atoms. The Hall–Kier alpha value is -0.877. The van der Waals surface area contributed by atoms with Crippen LogP contribution < -0.4 is 35.3 Å². The average Bonchev–Trinajstić information content (AvgIpc) is 3.07. The van der Waals surface area contributed by atoms with E-state index in [0.717, 1.165) is 6.42 Å². The molecule has 0 aromatic heterocycles. The number of rotatable bonds is 1. The summed E-state index contributed by atoms with van der Waals surface area (Å²) in [6.07, 6.45) is 5.66. The third-order valence-corrected chi connectivity index (χ3v) is 4.59. The first-order valence-corrected chi connectivity index (χ1v) is 7.87. The van der Waals surface area contributed by atoms with Crippen molar-refractivity contribution in [3.63, 3.8) is 0 Å². The number of fused-ring (bicyclic) bond motifs is 2. The topological polar surface area (TPSA) is 0 Å². The van der Waals surface area contributed by atoms with Crippen LogP contribution in [0.2, 0.25) is 0 Å². The molecule has 0 saturated carbocycles. The largest absolute Gasteiger partial charge is 3.00 e. The standard InChI is InChI=1S/C22H19.2ClH.Zr/c1-14(2)16-10-11-19-18-6-4-5-7-20(18)22(21(19)13-16)17-9-8-15(3)12-17;;;/h4-8,10-12H,9H2,1-3H3;2*1H;/q-1;;;+3/p-2. The molecule has 2 aromatic carbocycles. The number of allylic oxidation sites excluding steroid dienone is 4. The van der Waals surface area contributed by atoms with E-state index in [0.29, 0.717) is 0 Å². The molecule has 0 N–H and O–H groups in total. The summed E-state index contributed by atoms with van der Waals surface area (Å²) in [6, 6.07) is 16.9. The second kappa shape index (κ2) is 8.67. The Labute approximate surface area is 180 Å². The maximum Gasteiger partial charge on any atom is 3.00 e. The van der Waals surface area contributed by atoms with E-state index in [-0.39, 0.29) is 51.0 Å². The van der Waals surface area contributed by atoms with Gasteiger partial charge in [-0.1, -0.05) is 82.6 Å². The molecule has 0 aliphatic heterocycles. The quantitative estimate of drug-likeness (QED) is 0.436. The van der Waals surface area contributed by atoms with Gasteiger partial charge in [0.1, 0.15) is 0 Å². The van der Waals surface area contributed by atoms with Crippen LogP contribution in [-0.2, 0) is 26.2 Å². The van der Waals surface area contributed by atoms with Crippen LogP contribution in [0.1, 0.15) is 32.8 Å². The van der Waals surface area contributed by atoms with Gasteiger partial charge in [0.2, 0.25) is 0 Å². The van der Waals surface area contributed by atoms with Crippen molar-refractivity contribution in [1.82, 2.24) is 0 Å². The summed E-state index contributed by atoms with van der Waals surface area (Å²) >= 11 is 0. The summed E-state index contributed by atoms with van der Waals surface area (Å²) in [7, 11) is 0. The number of halogens is 2. The minimum atomic E-state index is 0. The molecule has 0 heterocycles. The van der Waals surface area contributed by atoms with E-state index in [4.69, 9.17) is 0 Å². The van der Waals surface area contributed by atoms with E-state index in [1.807, 2.05) is 0 Å². The van der Waals surface area contributed by atoms with E-state index in [2.05, 4.69) is 75.4 Å². The van der Waals surface area contributed by atoms with Crippen LogP contribution in [0, 0.1) is 16.5 Å². The molecule has 0 nitrogen and oxygen atoms in total. The van der Waals surface area contributed by atoms with Gasteiger partial charge in [-0.05, 0) is 13.3 Å². The van der Waals surface area contributed by atoms with E-state index in [9.17, 15) is 0 Å². The first kappa shape index (κ1) is 22.2. The van der Waals surface area contributed by atoms with E-state index < -0.39 is 0 Å². The molecule has 0 amide bonds. The summed E-state index contributed by atoms with van der Waals surface area (Å²) in [5.74, 6) is 0. The van der Waals surface area contributed by atoms with Crippen LogP contribution in [-0.4, -0.2) is 0 Å². The Bertz CT molecular complexity index is 1070. The summed E-state index contributed by atoms with van der Waals surface area (Å²) in [5, 5.41) is 5.23. The Morgan fingerprint density at radius 3 is 2.20 bits per heavy atom. The third kappa shape index (κ3) is 3.80. The van der Waals surface area contributed by atoms with Crippen molar-refractivity contribution in [2.75, 3.05) is 0 Å². The minimum absolute atomic E-state index is 0. The van der Waals surface area contributed by atoms with Gasteiger partial charge in [-0.2, -0.15) is 0 Å². The number of hydrogen-bond acceptors (Lipinski definition) is 0. The Kier molecular flexibility index (Phi) is 7.69. The summed E-state index contributed by atoms with van der Waals surface area (Å²) in [6.45, 7) is 6.49. The zero-order valence-corrected chi connectivity index (χ0v) is 18.6. The van der Waals surface area contributed by atoms with E-state index in [1.165, 1.54) is 48.7 Å². The molecule has 0 unspecified atom stereocenters. The molecule has 0 spiro atoms. The van der Waals surface area contributed by atoms with E-state index in [1.54, 1.807) is 0 Å². The van der Waals surface area contributed by atoms with Crippen LogP contribution in [0.25, 0.3) is 11.1 Å². The maximum absolute atomic E-state index is 3.68. The molecule has 2 aliphatic rings. The van der Waals surface area contributed by atoms with Crippen molar-refractivity contribution in [3.8, 4) is 0 Å². The second-order valence-corrected chi connectivity index (χ2v) is 6.40. The van der Waals surface area contributed by atoms with Crippen LogP contribution in [0.15, 0.2) is 59.7 Å². The average molecular weight is 446 g/mol. The number of benzene rings is 2. The molecule has 0 fully saturated rings. The van der Waals surface area contributed by atoms with Gasteiger partial charge in [-0.3, -0.25) is 0 Å². The fourth-order valence-electron chi connectivity index (χ4n) is 3.45. The minimum Gasteiger partial charge on any atom is -1.00 e. The fourth-order valence-corrected chi connectivity index (χ4v) is 3.45. The molecule has 2 aliphatic carbocycles. The predicted molar refractivity (Wildman–Crippen MR) is 92.4 cm³/mol. The Morgan fingerprint density at radius 1 is 0.920 bits per heavy atom. The van der Waals surface area contributed by atoms with Crippen molar-refractivity contribution < 1.29 is 51.0 Å². The van der Waals surface area contributed by atoms with Crippen molar-refractivity contribution in [3.05, 3.63) is 92.2 Å². The Balaban J connectivity index is 0.00000104. The van der Waals surface area contributed by atoms with Gasteiger partial charge >= 0.3 is 26.2 Å². The molecule has 3 heteroatoms. The van der Waals surface area contributed by atoms with Gasteiger partial charge in [0.05, 0.1) is 0 Å². The second-order valence-electron chi connectivity index (χ2n) is 6.40. The van der Waals surface area contributed by atoms with Crippen molar-refractivity contribution in [2.45, 2.75) is 27.2 Å². The first-order valence-electron chi connectivity index (χ1n) is 7.87. The SMILES string of the molecule is CC1=CCC(C2=c3ccccc3=c3ccc(=C(C)C)[c-]c32)=C1.[Cl-].[Cl-].[Zr+3]. The molecule has 125 valence electrons. The molecule has 2 aromatic rings. The fraction of sp³-hybridized carbons (Fsp3) is 0.182. The van der Waals surface area contributed by atoms with Crippen molar-refractivity contribution >= 4 is 11.1 Å².